The van der Waals surface area contributed by atoms with Crippen LogP contribution in [0.3, 0.4) is 0 Å². The van der Waals surface area contributed by atoms with Gasteiger partial charge in [0.1, 0.15) is 23.0 Å². The molecule has 7 heteroatoms. The van der Waals surface area contributed by atoms with E-state index in [1.54, 1.807) is 19.1 Å². The zero-order valence-electron chi connectivity index (χ0n) is 21.9. The molecule has 4 aromatic rings. The highest BCUT2D eigenvalue weighted by molar-refractivity contribution is 6.00. The van der Waals surface area contributed by atoms with Crippen LogP contribution in [-0.2, 0) is 9.59 Å². The van der Waals surface area contributed by atoms with Crippen molar-refractivity contribution in [2.75, 3.05) is 24.4 Å². The Bertz CT molecular complexity index is 1400. The van der Waals surface area contributed by atoms with Crippen molar-refractivity contribution in [3.05, 3.63) is 109 Å². The molecule has 0 aliphatic carbocycles. The van der Waals surface area contributed by atoms with Crippen molar-refractivity contribution in [3.8, 4) is 23.0 Å². The quantitative estimate of drug-likeness (QED) is 0.281. The highest BCUT2D eigenvalue weighted by Gasteiger charge is 2.41. The lowest BCUT2D eigenvalue weighted by molar-refractivity contribution is -0.125. The highest BCUT2D eigenvalue weighted by Crippen LogP contribution is 2.41. The summed E-state index contributed by atoms with van der Waals surface area (Å²) in [6.07, 6.45) is 0.698. The van der Waals surface area contributed by atoms with Gasteiger partial charge in [0.2, 0.25) is 11.8 Å². The lowest BCUT2D eigenvalue weighted by Gasteiger charge is -2.41. The van der Waals surface area contributed by atoms with Crippen LogP contribution in [-0.4, -0.2) is 26.0 Å². The minimum absolute atomic E-state index is 0.0348. The lowest BCUT2D eigenvalue weighted by atomic mass is 9.83. The van der Waals surface area contributed by atoms with Gasteiger partial charge in [-0.1, -0.05) is 30.3 Å². The number of carbonyl (C=O) groups is 2. The van der Waals surface area contributed by atoms with E-state index in [0.717, 1.165) is 11.3 Å². The zero-order valence-corrected chi connectivity index (χ0v) is 21.9. The number of nitrogens with zero attached hydrogens (tertiary/aromatic N) is 1. The second-order valence-electron chi connectivity index (χ2n) is 9.25. The van der Waals surface area contributed by atoms with Crippen molar-refractivity contribution in [1.82, 2.24) is 0 Å². The minimum atomic E-state index is -0.494. The predicted octanol–water partition coefficient (Wildman–Crippen LogP) is 6.62. The summed E-state index contributed by atoms with van der Waals surface area (Å²) in [6.45, 7) is 0. The first kappa shape index (κ1) is 25.9. The highest BCUT2D eigenvalue weighted by atomic mass is 16.5. The first-order chi connectivity index (χ1) is 19.1. The normalized spacial score (nSPS) is 16.9. The molecule has 1 aliphatic heterocycles. The number of anilines is 2. The maximum atomic E-state index is 13.7. The van der Waals surface area contributed by atoms with Gasteiger partial charge in [-0.05, 0) is 84.8 Å². The summed E-state index contributed by atoms with van der Waals surface area (Å²) in [5, 5.41) is 3.05. The van der Waals surface area contributed by atoms with E-state index in [2.05, 4.69) is 5.32 Å². The fourth-order valence-corrected chi connectivity index (χ4v) is 4.86. The summed E-state index contributed by atoms with van der Waals surface area (Å²) in [4.78, 5) is 28.7. The largest absolute Gasteiger partial charge is 0.497 e. The van der Waals surface area contributed by atoms with E-state index in [1.165, 1.54) is 0 Å². The molecule has 2 atom stereocenters. The summed E-state index contributed by atoms with van der Waals surface area (Å²) in [5.74, 6) is 2.14. The van der Waals surface area contributed by atoms with Gasteiger partial charge in [0.05, 0.1) is 26.2 Å². The third-order valence-electron chi connectivity index (χ3n) is 6.84. The van der Waals surface area contributed by atoms with Crippen LogP contribution >= 0.6 is 0 Å². The molecule has 1 N–H and O–H groups in total. The van der Waals surface area contributed by atoms with Crippen LogP contribution in [0.1, 0.15) is 24.4 Å². The SMILES string of the molecule is COc1ccc([C@@H]2[C@H](C(=O)Nc3ccc(Oc4ccccc4)cc3)CCC(=O)N2c2ccc(OC)cc2)cc1. The van der Waals surface area contributed by atoms with Gasteiger partial charge in [0, 0.05) is 17.8 Å². The smallest absolute Gasteiger partial charge is 0.229 e. The molecule has 198 valence electrons. The van der Waals surface area contributed by atoms with Crippen LogP contribution in [0.4, 0.5) is 11.4 Å². The Balaban J connectivity index is 1.41. The number of hydrogen-bond donors (Lipinski definition) is 1. The summed E-state index contributed by atoms with van der Waals surface area (Å²) in [6, 6.07) is 31.1. The number of nitrogens with one attached hydrogen (secondary N) is 1. The molecule has 0 spiro atoms. The lowest BCUT2D eigenvalue weighted by Crippen LogP contribution is -2.46. The maximum absolute atomic E-state index is 13.7. The number of carbonyl (C=O) groups excluding carboxylic acids is 2. The summed E-state index contributed by atoms with van der Waals surface area (Å²) in [7, 11) is 3.21. The van der Waals surface area contributed by atoms with E-state index in [9.17, 15) is 9.59 Å². The van der Waals surface area contributed by atoms with Gasteiger partial charge in [0.25, 0.3) is 0 Å². The summed E-state index contributed by atoms with van der Waals surface area (Å²) < 4.78 is 16.5. The molecular formula is C32H30N2O5. The van der Waals surface area contributed by atoms with Crippen LogP contribution in [0.5, 0.6) is 23.0 Å². The summed E-state index contributed by atoms with van der Waals surface area (Å²) >= 11 is 0. The third kappa shape index (κ3) is 5.88. The van der Waals surface area contributed by atoms with Crippen LogP contribution in [0.2, 0.25) is 0 Å². The number of para-hydroxylation sites is 1. The first-order valence-electron chi connectivity index (χ1n) is 12.8. The van der Waals surface area contributed by atoms with Crippen molar-refractivity contribution in [2.24, 2.45) is 5.92 Å². The number of piperidine rings is 1. The van der Waals surface area contributed by atoms with E-state index in [1.807, 2.05) is 103 Å². The van der Waals surface area contributed by atoms with Gasteiger partial charge in [-0.25, -0.2) is 0 Å². The van der Waals surface area contributed by atoms with Crippen LogP contribution in [0.25, 0.3) is 0 Å². The number of methoxy groups -OCH3 is 2. The molecule has 5 rings (SSSR count). The molecule has 39 heavy (non-hydrogen) atoms. The van der Waals surface area contributed by atoms with Crippen LogP contribution in [0.15, 0.2) is 103 Å². The first-order valence-corrected chi connectivity index (χ1v) is 12.8. The topological polar surface area (TPSA) is 77.1 Å². The number of ether oxygens (including phenoxy) is 3. The maximum Gasteiger partial charge on any atom is 0.229 e. The molecular weight excluding hydrogens is 492 g/mol. The van der Waals surface area contributed by atoms with E-state index < -0.39 is 12.0 Å². The molecule has 0 bridgehead atoms. The number of hydrogen-bond acceptors (Lipinski definition) is 5. The standard InChI is InChI=1S/C32H30N2O5/c1-37-25-14-8-22(9-15-25)31-29(20-21-30(35)34(31)24-12-18-26(38-2)19-13-24)32(36)33-23-10-16-28(17-11-23)39-27-6-4-3-5-7-27/h3-19,29,31H,20-21H2,1-2H3,(H,33,36)/t29-,31-/m1/s1. The fourth-order valence-electron chi connectivity index (χ4n) is 4.86. The number of rotatable bonds is 8. The molecule has 0 saturated carbocycles. The molecule has 1 heterocycles. The molecule has 4 aromatic carbocycles. The Labute approximate surface area is 227 Å². The van der Waals surface area contributed by atoms with Crippen LogP contribution in [0, 0.1) is 5.92 Å². The average Bonchev–Trinajstić information content (AvgIpc) is 2.98. The Kier molecular flexibility index (Phi) is 7.78. The van der Waals surface area contributed by atoms with Crippen molar-refractivity contribution in [2.45, 2.75) is 18.9 Å². The molecule has 1 fully saturated rings. The molecule has 0 radical (unpaired) electrons. The Morgan fingerprint density at radius 2 is 1.31 bits per heavy atom. The molecule has 0 unspecified atom stereocenters. The van der Waals surface area contributed by atoms with Crippen molar-refractivity contribution in [3.63, 3.8) is 0 Å². The second kappa shape index (κ2) is 11.7. The van der Waals surface area contributed by atoms with Crippen molar-refractivity contribution < 1.29 is 23.8 Å². The van der Waals surface area contributed by atoms with Gasteiger partial charge in [-0.3, -0.25) is 9.59 Å². The van der Waals surface area contributed by atoms with Gasteiger partial charge >= 0.3 is 0 Å². The van der Waals surface area contributed by atoms with E-state index in [4.69, 9.17) is 14.2 Å². The van der Waals surface area contributed by atoms with Gasteiger partial charge in [-0.15, -0.1) is 0 Å². The van der Waals surface area contributed by atoms with Gasteiger partial charge in [-0.2, -0.15) is 0 Å². The third-order valence-corrected chi connectivity index (χ3v) is 6.84. The predicted molar refractivity (Wildman–Crippen MR) is 151 cm³/mol. The van der Waals surface area contributed by atoms with Gasteiger partial charge < -0.3 is 24.4 Å². The molecule has 2 amide bonds. The Morgan fingerprint density at radius 1 is 0.744 bits per heavy atom. The van der Waals surface area contributed by atoms with E-state index in [0.29, 0.717) is 35.0 Å². The van der Waals surface area contributed by atoms with Crippen molar-refractivity contribution in [1.29, 1.82) is 0 Å². The summed E-state index contributed by atoms with van der Waals surface area (Å²) in [5.41, 5.74) is 2.22. The molecule has 1 aliphatic rings. The molecule has 7 nitrogen and oxygen atoms in total. The zero-order chi connectivity index (χ0) is 27.2. The number of amides is 2. The monoisotopic (exact) mass is 522 g/mol. The average molecular weight is 523 g/mol. The van der Waals surface area contributed by atoms with Gasteiger partial charge in [0.15, 0.2) is 0 Å². The number of benzene rings is 4. The van der Waals surface area contributed by atoms with Crippen molar-refractivity contribution >= 4 is 23.2 Å². The van der Waals surface area contributed by atoms with Crippen LogP contribution < -0.4 is 24.4 Å². The second-order valence-corrected chi connectivity index (χ2v) is 9.25. The molecule has 0 aromatic heterocycles. The van der Waals surface area contributed by atoms with E-state index in [-0.39, 0.29) is 18.2 Å². The Hall–Kier alpha value is -4.78. The Morgan fingerprint density at radius 3 is 1.92 bits per heavy atom. The molecule has 1 saturated heterocycles. The minimum Gasteiger partial charge on any atom is -0.497 e. The fraction of sp³-hybridized carbons (Fsp3) is 0.188. The van der Waals surface area contributed by atoms with E-state index >= 15 is 0 Å².